The average molecular weight is 257 g/mol. The van der Waals surface area contributed by atoms with Crippen LogP contribution in [0.15, 0.2) is 0 Å². The minimum absolute atomic E-state index is 0.374. The molecule has 3 aliphatic rings. The summed E-state index contributed by atoms with van der Waals surface area (Å²) >= 11 is 6.48. The van der Waals surface area contributed by atoms with Gasteiger partial charge in [0.2, 0.25) is 0 Å². The highest BCUT2D eigenvalue weighted by atomic mass is 35.5. The van der Waals surface area contributed by atoms with Crippen molar-refractivity contribution in [3.05, 3.63) is 0 Å². The molecule has 0 saturated heterocycles. The third-order valence-corrected chi connectivity index (χ3v) is 6.15. The van der Waals surface area contributed by atoms with E-state index >= 15 is 0 Å². The summed E-state index contributed by atoms with van der Waals surface area (Å²) in [6.07, 6.45) is 14.0. The van der Waals surface area contributed by atoms with Crippen LogP contribution in [0.1, 0.15) is 64.2 Å². The first-order valence-electron chi connectivity index (χ1n) is 7.57. The van der Waals surface area contributed by atoms with Crippen LogP contribution in [0, 0.1) is 11.3 Å². The minimum Gasteiger partial charge on any atom is -0.378 e. The molecule has 2 unspecified atom stereocenters. The maximum atomic E-state index is 6.48. The highest BCUT2D eigenvalue weighted by Gasteiger charge is 2.54. The van der Waals surface area contributed by atoms with E-state index in [1.165, 1.54) is 57.8 Å². The molecule has 0 N–H and O–H groups in total. The lowest BCUT2D eigenvalue weighted by Gasteiger charge is -2.55. The Bertz CT molecular complexity index is 256. The Labute approximate surface area is 110 Å². The quantitative estimate of drug-likeness (QED) is 0.672. The van der Waals surface area contributed by atoms with Crippen LogP contribution in [-0.2, 0) is 4.74 Å². The molecule has 3 rings (SSSR count). The van der Waals surface area contributed by atoms with E-state index in [4.69, 9.17) is 16.3 Å². The summed E-state index contributed by atoms with van der Waals surface area (Å²) in [4.78, 5) is 0. The summed E-state index contributed by atoms with van der Waals surface area (Å²) in [6, 6.07) is 0. The molecular formula is C15H25ClO. The lowest BCUT2D eigenvalue weighted by molar-refractivity contribution is -0.127. The number of rotatable bonds is 4. The molecule has 3 fully saturated rings. The van der Waals surface area contributed by atoms with Crippen LogP contribution in [0.4, 0.5) is 0 Å². The molecule has 0 aromatic rings. The van der Waals surface area contributed by atoms with E-state index in [-0.39, 0.29) is 0 Å². The normalized spacial score (nSPS) is 36.5. The lowest BCUT2D eigenvalue weighted by Crippen LogP contribution is -2.56. The van der Waals surface area contributed by atoms with Gasteiger partial charge in [0.1, 0.15) is 0 Å². The molecular weight excluding hydrogens is 232 g/mol. The van der Waals surface area contributed by atoms with Crippen LogP contribution >= 0.6 is 11.6 Å². The van der Waals surface area contributed by atoms with E-state index in [2.05, 4.69) is 0 Å². The van der Waals surface area contributed by atoms with Gasteiger partial charge in [-0.25, -0.2) is 0 Å². The van der Waals surface area contributed by atoms with E-state index < -0.39 is 0 Å². The summed E-state index contributed by atoms with van der Waals surface area (Å²) in [5.74, 6) is 0.976. The van der Waals surface area contributed by atoms with E-state index in [1.807, 2.05) is 0 Å². The van der Waals surface area contributed by atoms with Gasteiger partial charge < -0.3 is 4.74 Å². The third kappa shape index (κ3) is 2.26. The molecule has 0 amide bonds. The highest BCUT2D eigenvalue weighted by molar-refractivity contribution is 6.21. The molecule has 0 bridgehead atoms. The monoisotopic (exact) mass is 256 g/mol. The predicted molar refractivity (Wildman–Crippen MR) is 71.5 cm³/mol. The van der Waals surface area contributed by atoms with Crippen molar-refractivity contribution < 1.29 is 4.74 Å². The molecule has 3 aliphatic carbocycles. The zero-order valence-corrected chi connectivity index (χ0v) is 11.6. The molecule has 2 atom stereocenters. The van der Waals surface area contributed by atoms with Crippen LogP contribution in [0.3, 0.4) is 0 Å². The van der Waals surface area contributed by atoms with Crippen molar-refractivity contribution in [3.63, 3.8) is 0 Å². The number of hydrogen-bond acceptors (Lipinski definition) is 1. The molecule has 0 aliphatic heterocycles. The molecule has 2 heteroatoms. The lowest BCUT2D eigenvalue weighted by atomic mass is 9.58. The smallest absolute Gasteiger partial charge is 0.0659 e. The fourth-order valence-corrected chi connectivity index (χ4v) is 4.46. The summed E-state index contributed by atoms with van der Waals surface area (Å²) in [5.41, 5.74) is 0.374. The first kappa shape index (κ1) is 12.3. The summed E-state index contributed by atoms with van der Waals surface area (Å²) in [5, 5.41) is 0.400. The van der Waals surface area contributed by atoms with E-state index in [0.29, 0.717) is 16.9 Å². The zero-order valence-electron chi connectivity index (χ0n) is 10.8. The molecule has 17 heavy (non-hydrogen) atoms. The standard InChI is InChI=1S/C15H25ClO/c16-13-11-14(15(13)8-2-1-3-9-15)17-10-7-12-5-4-6-12/h12-14H,1-11H2. The second-order valence-corrected chi connectivity index (χ2v) is 6.97. The van der Waals surface area contributed by atoms with Crippen LogP contribution in [-0.4, -0.2) is 18.1 Å². The van der Waals surface area contributed by atoms with E-state index in [1.54, 1.807) is 0 Å². The Hall–Kier alpha value is 0.250. The van der Waals surface area contributed by atoms with Gasteiger partial charge in [0.05, 0.1) is 6.10 Å². The maximum Gasteiger partial charge on any atom is 0.0659 e. The third-order valence-electron chi connectivity index (χ3n) is 5.54. The van der Waals surface area contributed by atoms with Crippen molar-refractivity contribution in [2.24, 2.45) is 11.3 Å². The van der Waals surface area contributed by atoms with Gasteiger partial charge in [-0.2, -0.15) is 0 Å². The van der Waals surface area contributed by atoms with Gasteiger partial charge in [0.25, 0.3) is 0 Å². The number of ether oxygens (including phenoxy) is 1. The van der Waals surface area contributed by atoms with E-state index in [9.17, 15) is 0 Å². The Morgan fingerprint density at radius 3 is 2.41 bits per heavy atom. The van der Waals surface area contributed by atoms with Gasteiger partial charge in [-0.1, -0.05) is 38.5 Å². The summed E-state index contributed by atoms with van der Waals surface area (Å²) < 4.78 is 6.16. The van der Waals surface area contributed by atoms with Gasteiger partial charge in [-0.15, -0.1) is 11.6 Å². The van der Waals surface area contributed by atoms with Gasteiger partial charge in [-0.3, -0.25) is 0 Å². The molecule has 0 aromatic heterocycles. The van der Waals surface area contributed by atoms with E-state index in [0.717, 1.165) is 18.9 Å². The Morgan fingerprint density at radius 1 is 1.06 bits per heavy atom. The average Bonchev–Trinajstić information content (AvgIpc) is 2.32. The second-order valence-electron chi connectivity index (χ2n) is 6.44. The molecule has 3 saturated carbocycles. The van der Waals surface area contributed by atoms with Crippen molar-refractivity contribution in [2.45, 2.75) is 75.7 Å². The predicted octanol–water partition coefficient (Wildman–Crippen LogP) is 4.52. The Kier molecular flexibility index (Phi) is 3.68. The van der Waals surface area contributed by atoms with Gasteiger partial charge in [0.15, 0.2) is 0 Å². The topological polar surface area (TPSA) is 9.23 Å². The van der Waals surface area contributed by atoms with Crippen molar-refractivity contribution in [1.82, 2.24) is 0 Å². The fraction of sp³-hybridized carbons (Fsp3) is 1.00. The zero-order chi connectivity index (χ0) is 11.7. The first-order valence-corrected chi connectivity index (χ1v) is 8.00. The number of alkyl halides is 1. The Balaban J connectivity index is 1.46. The largest absolute Gasteiger partial charge is 0.378 e. The summed E-state index contributed by atoms with van der Waals surface area (Å²) in [7, 11) is 0. The van der Waals surface area contributed by atoms with Crippen molar-refractivity contribution in [2.75, 3.05) is 6.61 Å². The molecule has 1 nitrogen and oxygen atoms in total. The molecule has 0 aromatic carbocycles. The Morgan fingerprint density at radius 2 is 1.82 bits per heavy atom. The first-order chi connectivity index (χ1) is 8.31. The van der Waals surface area contributed by atoms with Crippen molar-refractivity contribution in [1.29, 1.82) is 0 Å². The molecule has 0 heterocycles. The fourth-order valence-electron chi connectivity index (χ4n) is 3.94. The van der Waals surface area contributed by atoms with Crippen LogP contribution < -0.4 is 0 Å². The second kappa shape index (κ2) is 5.09. The van der Waals surface area contributed by atoms with Crippen LogP contribution in [0.5, 0.6) is 0 Å². The van der Waals surface area contributed by atoms with Crippen molar-refractivity contribution >= 4 is 11.6 Å². The number of halogens is 1. The molecule has 98 valence electrons. The minimum atomic E-state index is 0.374. The number of hydrogen-bond donors (Lipinski definition) is 0. The van der Waals surface area contributed by atoms with Gasteiger partial charge >= 0.3 is 0 Å². The summed E-state index contributed by atoms with van der Waals surface area (Å²) in [6.45, 7) is 0.987. The SMILES string of the molecule is ClC1CC(OCCC2CCC2)C12CCCCC2. The molecule has 0 radical (unpaired) electrons. The van der Waals surface area contributed by atoms with Gasteiger partial charge in [0, 0.05) is 17.4 Å². The van der Waals surface area contributed by atoms with Crippen molar-refractivity contribution in [3.8, 4) is 0 Å². The van der Waals surface area contributed by atoms with Crippen LogP contribution in [0.25, 0.3) is 0 Å². The maximum absolute atomic E-state index is 6.48. The molecule has 1 spiro atoms. The highest BCUT2D eigenvalue weighted by Crippen LogP contribution is 2.55. The van der Waals surface area contributed by atoms with Gasteiger partial charge in [-0.05, 0) is 31.6 Å². The van der Waals surface area contributed by atoms with Crippen LogP contribution in [0.2, 0.25) is 0 Å².